The highest BCUT2D eigenvalue weighted by molar-refractivity contribution is 7.92. The van der Waals surface area contributed by atoms with Crippen LogP contribution in [0.25, 0.3) is 0 Å². The van der Waals surface area contributed by atoms with Crippen LogP contribution < -0.4 is 9.62 Å². The van der Waals surface area contributed by atoms with E-state index in [1.807, 2.05) is 0 Å². The largest absolute Gasteiger partial charge is 0.352 e. The second-order valence-electron chi connectivity index (χ2n) is 9.62. The summed E-state index contributed by atoms with van der Waals surface area (Å²) in [6, 6.07) is 17.0. The normalized spacial score (nSPS) is 14.5. The summed E-state index contributed by atoms with van der Waals surface area (Å²) in [5.74, 6) is -1.99. The summed E-state index contributed by atoms with van der Waals surface area (Å²) >= 11 is 0. The molecule has 1 aliphatic rings. The molecule has 0 aromatic heterocycles. The number of benzene rings is 3. The predicted molar refractivity (Wildman–Crippen MR) is 144 cm³/mol. The molecular weight excluding hydrogens is 524 g/mol. The minimum Gasteiger partial charge on any atom is -0.352 e. The molecule has 0 heterocycles. The van der Waals surface area contributed by atoms with Crippen molar-refractivity contribution in [3.05, 3.63) is 96.1 Å². The van der Waals surface area contributed by atoms with E-state index in [0.29, 0.717) is 5.56 Å². The zero-order valence-electron chi connectivity index (χ0n) is 21.6. The molecule has 1 unspecified atom stereocenters. The van der Waals surface area contributed by atoms with Crippen LogP contribution in [0.4, 0.5) is 14.5 Å². The van der Waals surface area contributed by atoms with E-state index in [2.05, 4.69) is 5.32 Å². The summed E-state index contributed by atoms with van der Waals surface area (Å²) in [6.07, 6.45) is 3.75. The van der Waals surface area contributed by atoms with Gasteiger partial charge in [-0.2, -0.15) is 0 Å². The van der Waals surface area contributed by atoms with E-state index in [1.165, 1.54) is 53.4 Å². The molecular formula is C29H31F2N3O4S. The van der Waals surface area contributed by atoms with Crippen LogP contribution in [0.2, 0.25) is 0 Å². The molecule has 3 aromatic carbocycles. The highest BCUT2D eigenvalue weighted by Crippen LogP contribution is 2.25. The maximum absolute atomic E-state index is 13.8. The van der Waals surface area contributed by atoms with Crippen molar-refractivity contribution in [3.8, 4) is 0 Å². The number of hydrogen-bond donors (Lipinski definition) is 1. The van der Waals surface area contributed by atoms with Gasteiger partial charge >= 0.3 is 0 Å². The fraction of sp³-hybridized carbons (Fsp3) is 0.310. The van der Waals surface area contributed by atoms with Gasteiger partial charge in [-0.15, -0.1) is 0 Å². The van der Waals surface area contributed by atoms with E-state index in [1.54, 1.807) is 25.1 Å². The number of rotatable bonds is 10. The number of nitrogens with zero attached hydrogens (tertiary/aromatic N) is 2. The van der Waals surface area contributed by atoms with E-state index in [9.17, 15) is 26.8 Å². The molecule has 10 heteroatoms. The van der Waals surface area contributed by atoms with Gasteiger partial charge in [0.25, 0.3) is 10.0 Å². The van der Waals surface area contributed by atoms with Gasteiger partial charge in [0.05, 0.1) is 10.6 Å². The number of halogens is 2. The maximum Gasteiger partial charge on any atom is 0.264 e. The van der Waals surface area contributed by atoms with Crippen LogP contribution in [0, 0.1) is 11.6 Å². The summed E-state index contributed by atoms with van der Waals surface area (Å²) in [6.45, 7) is 0.908. The maximum atomic E-state index is 13.8. The van der Waals surface area contributed by atoms with Gasteiger partial charge in [-0.1, -0.05) is 43.2 Å². The van der Waals surface area contributed by atoms with E-state index in [0.717, 1.165) is 42.1 Å². The smallest absolute Gasteiger partial charge is 0.264 e. The van der Waals surface area contributed by atoms with Gasteiger partial charge in [0.15, 0.2) is 0 Å². The second kappa shape index (κ2) is 12.4. The second-order valence-corrected chi connectivity index (χ2v) is 11.5. The van der Waals surface area contributed by atoms with Gasteiger partial charge < -0.3 is 10.2 Å². The van der Waals surface area contributed by atoms with E-state index in [-0.39, 0.29) is 29.1 Å². The summed E-state index contributed by atoms with van der Waals surface area (Å²) < 4.78 is 55.4. The fourth-order valence-corrected chi connectivity index (χ4v) is 6.05. The summed E-state index contributed by atoms with van der Waals surface area (Å²) in [4.78, 5) is 28.2. The first kappa shape index (κ1) is 28.2. The lowest BCUT2D eigenvalue weighted by Crippen LogP contribution is -2.52. The third-order valence-electron chi connectivity index (χ3n) is 6.86. The van der Waals surface area contributed by atoms with E-state index in [4.69, 9.17) is 0 Å². The first-order chi connectivity index (χ1) is 18.6. The molecule has 0 bridgehead atoms. The Morgan fingerprint density at radius 3 is 2.05 bits per heavy atom. The third kappa shape index (κ3) is 7.00. The Balaban J connectivity index is 1.66. The molecule has 39 heavy (non-hydrogen) atoms. The van der Waals surface area contributed by atoms with Crippen molar-refractivity contribution in [1.82, 2.24) is 10.2 Å². The number of nitrogens with one attached hydrogen (secondary N) is 1. The predicted octanol–water partition coefficient (Wildman–Crippen LogP) is 4.64. The van der Waals surface area contributed by atoms with Crippen LogP contribution in [0.1, 0.15) is 38.2 Å². The molecule has 0 spiro atoms. The first-order valence-corrected chi connectivity index (χ1v) is 14.3. The minimum absolute atomic E-state index is 0.0249. The number of carbonyl (C=O) groups excluding carboxylic acids is 2. The molecule has 1 N–H and O–H groups in total. The molecule has 1 saturated carbocycles. The number of hydrogen-bond acceptors (Lipinski definition) is 4. The van der Waals surface area contributed by atoms with Gasteiger partial charge in [0, 0.05) is 12.6 Å². The standard InChI is InChI=1S/C29H31F2N3O4S/c1-21(29(36)32-25-7-5-6-8-25)33(19-22-11-13-23(30)14-12-22)28(35)20-34(26-17-15-24(31)16-18-26)39(37,38)27-9-3-2-4-10-27/h2-4,9-18,21,25H,5-8,19-20H2,1H3,(H,32,36). The van der Waals surface area contributed by atoms with E-state index >= 15 is 0 Å². The Morgan fingerprint density at radius 1 is 0.897 bits per heavy atom. The van der Waals surface area contributed by atoms with Crippen molar-refractivity contribution in [3.63, 3.8) is 0 Å². The van der Waals surface area contributed by atoms with Crippen molar-refractivity contribution < 1.29 is 26.8 Å². The molecule has 1 atom stereocenters. The lowest BCUT2D eigenvalue weighted by Gasteiger charge is -2.32. The molecule has 0 aliphatic heterocycles. The Morgan fingerprint density at radius 2 is 1.46 bits per heavy atom. The average molecular weight is 556 g/mol. The van der Waals surface area contributed by atoms with Crippen LogP contribution in [0.5, 0.6) is 0 Å². The zero-order chi connectivity index (χ0) is 28.0. The van der Waals surface area contributed by atoms with E-state index < -0.39 is 40.2 Å². The quantitative estimate of drug-likeness (QED) is 0.395. The van der Waals surface area contributed by atoms with Gasteiger partial charge in [-0.25, -0.2) is 17.2 Å². The Kier molecular flexibility index (Phi) is 8.96. The topological polar surface area (TPSA) is 86.8 Å². The zero-order valence-corrected chi connectivity index (χ0v) is 22.4. The molecule has 1 fully saturated rings. The molecule has 2 amide bonds. The highest BCUT2D eigenvalue weighted by atomic mass is 32.2. The van der Waals surface area contributed by atoms with Gasteiger partial charge in [0.2, 0.25) is 11.8 Å². The lowest BCUT2D eigenvalue weighted by molar-refractivity contribution is -0.139. The number of sulfonamides is 1. The van der Waals surface area contributed by atoms with Crippen molar-refractivity contribution in [1.29, 1.82) is 0 Å². The molecule has 0 saturated heterocycles. The first-order valence-electron chi connectivity index (χ1n) is 12.8. The molecule has 206 valence electrons. The molecule has 7 nitrogen and oxygen atoms in total. The average Bonchev–Trinajstić information content (AvgIpc) is 3.45. The Labute approximate surface area is 227 Å². The monoisotopic (exact) mass is 555 g/mol. The SMILES string of the molecule is CC(C(=O)NC1CCCC1)N(Cc1ccc(F)cc1)C(=O)CN(c1ccc(F)cc1)S(=O)(=O)c1ccccc1. The summed E-state index contributed by atoms with van der Waals surface area (Å²) in [5, 5.41) is 2.99. The van der Waals surface area contributed by atoms with Crippen molar-refractivity contribution in [2.24, 2.45) is 0 Å². The van der Waals surface area contributed by atoms with Crippen molar-refractivity contribution >= 4 is 27.5 Å². The van der Waals surface area contributed by atoms with Crippen molar-refractivity contribution in [2.75, 3.05) is 10.8 Å². The van der Waals surface area contributed by atoms with Crippen LogP contribution in [0.15, 0.2) is 83.8 Å². The van der Waals surface area contributed by atoms with Gasteiger partial charge in [0.1, 0.15) is 24.2 Å². The molecule has 1 aliphatic carbocycles. The summed E-state index contributed by atoms with van der Waals surface area (Å²) in [7, 11) is -4.23. The van der Waals surface area contributed by atoms with Gasteiger partial charge in [-0.3, -0.25) is 13.9 Å². The molecule has 3 aromatic rings. The lowest BCUT2D eigenvalue weighted by atomic mass is 10.1. The number of anilines is 1. The number of carbonyl (C=O) groups is 2. The summed E-state index contributed by atoms with van der Waals surface area (Å²) in [5.41, 5.74) is 0.669. The van der Waals surface area contributed by atoms with Crippen LogP contribution >= 0.6 is 0 Å². The minimum atomic E-state index is -4.23. The van der Waals surface area contributed by atoms with Crippen LogP contribution in [-0.4, -0.2) is 43.8 Å². The fourth-order valence-electron chi connectivity index (χ4n) is 4.62. The third-order valence-corrected chi connectivity index (χ3v) is 8.65. The molecule has 4 rings (SSSR count). The Hall–Kier alpha value is -3.79. The molecule has 0 radical (unpaired) electrons. The van der Waals surface area contributed by atoms with Crippen LogP contribution in [0.3, 0.4) is 0 Å². The van der Waals surface area contributed by atoms with Crippen molar-refractivity contribution in [2.45, 2.75) is 56.1 Å². The van der Waals surface area contributed by atoms with Gasteiger partial charge in [-0.05, 0) is 73.9 Å². The van der Waals surface area contributed by atoms with Crippen LogP contribution in [-0.2, 0) is 26.2 Å². The Bertz CT molecular complexity index is 1380. The number of amides is 2. The highest BCUT2D eigenvalue weighted by Gasteiger charge is 2.33.